The number of fused-ring (bicyclic) bond motifs is 1. The smallest absolute Gasteiger partial charge is 0.287 e. The SMILES string of the molecule is O=CC1=C(N=O)c2ccccc2S(=O)(=O)N1O. The molecule has 7 nitrogen and oxygen atoms in total. The maximum absolute atomic E-state index is 11.8. The first kappa shape index (κ1) is 11.4. The lowest BCUT2D eigenvalue weighted by Crippen LogP contribution is -2.32. The molecule has 0 unspecified atom stereocenters. The molecule has 88 valence electrons. The van der Waals surface area contributed by atoms with Crippen molar-refractivity contribution in [2.45, 2.75) is 4.90 Å². The van der Waals surface area contributed by atoms with Gasteiger partial charge in [0.15, 0.2) is 12.0 Å². The summed E-state index contributed by atoms with van der Waals surface area (Å²) in [7, 11) is -4.22. The van der Waals surface area contributed by atoms with Gasteiger partial charge < -0.3 is 0 Å². The third-order valence-corrected chi connectivity index (χ3v) is 3.86. The summed E-state index contributed by atoms with van der Waals surface area (Å²) in [5, 5.41) is 12.0. The highest BCUT2D eigenvalue weighted by Gasteiger charge is 2.36. The number of allylic oxidation sites excluding steroid dienone is 1. The minimum Gasteiger partial charge on any atom is -0.296 e. The van der Waals surface area contributed by atoms with Crippen molar-refractivity contribution in [1.29, 1.82) is 0 Å². The minimum absolute atomic E-state index is 0.00472. The van der Waals surface area contributed by atoms with Crippen molar-refractivity contribution in [3.63, 3.8) is 0 Å². The van der Waals surface area contributed by atoms with Crippen LogP contribution >= 0.6 is 0 Å². The molecule has 0 amide bonds. The van der Waals surface area contributed by atoms with E-state index in [-0.39, 0.29) is 21.2 Å². The predicted molar refractivity (Wildman–Crippen MR) is 56.0 cm³/mol. The van der Waals surface area contributed by atoms with Crippen LogP contribution in [0.2, 0.25) is 0 Å². The molecule has 1 N–H and O–H groups in total. The van der Waals surface area contributed by atoms with Crippen LogP contribution in [0.25, 0.3) is 5.70 Å². The van der Waals surface area contributed by atoms with Crippen molar-refractivity contribution < 1.29 is 18.4 Å². The summed E-state index contributed by atoms with van der Waals surface area (Å²) < 4.78 is 23.3. The van der Waals surface area contributed by atoms with E-state index >= 15 is 0 Å². The number of hydrogen-bond acceptors (Lipinski definition) is 6. The zero-order chi connectivity index (χ0) is 12.6. The lowest BCUT2D eigenvalue weighted by Gasteiger charge is -2.23. The van der Waals surface area contributed by atoms with E-state index < -0.39 is 21.4 Å². The van der Waals surface area contributed by atoms with Gasteiger partial charge in [0.2, 0.25) is 0 Å². The number of aldehydes is 1. The fourth-order valence-electron chi connectivity index (χ4n) is 1.54. The van der Waals surface area contributed by atoms with Crippen molar-refractivity contribution in [3.8, 4) is 0 Å². The van der Waals surface area contributed by atoms with E-state index in [1.165, 1.54) is 24.3 Å². The summed E-state index contributed by atoms with van der Waals surface area (Å²) in [5.41, 5.74) is -1.11. The van der Waals surface area contributed by atoms with Crippen LogP contribution in [0, 0.1) is 4.91 Å². The Labute approximate surface area is 96.0 Å². The van der Waals surface area contributed by atoms with Crippen molar-refractivity contribution in [3.05, 3.63) is 40.4 Å². The third kappa shape index (κ3) is 1.46. The molecular formula is C9H6N2O5S. The molecule has 17 heavy (non-hydrogen) atoms. The largest absolute Gasteiger partial charge is 0.296 e. The number of benzene rings is 1. The van der Waals surface area contributed by atoms with Crippen molar-refractivity contribution >= 4 is 22.0 Å². The van der Waals surface area contributed by atoms with Crippen molar-refractivity contribution in [2.75, 3.05) is 0 Å². The van der Waals surface area contributed by atoms with Gasteiger partial charge in [-0.2, -0.15) is 8.42 Å². The van der Waals surface area contributed by atoms with Crippen molar-refractivity contribution in [1.82, 2.24) is 4.47 Å². The van der Waals surface area contributed by atoms with E-state index in [0.717, 1.165) is 0 Å². The molecular weight excluding hydrogens is 248 g/mol. The van der Waals surface area contributed by atoms with Gasteiger partial charge in [0.05, 0.1) is 4.90 Å². The highest BCUT2D eigenvalue weighted by atomic mass is 32.2. The molecule has 0 atom stereocenters. The molecule has 0 saturated carbocycles. The number of rotatable bonds is 2. The molecule has 0 fully saturated rings. The van der Waals surface area contributed by atoms with Crippen LogP contribution in [0.3, 0.4) is 0 Å². The van der Waals surface area contributed by atoms with Crippen LogP contribution in [0.15, 0.2) is 40.0 Å². The second-order valence-corrected chi connectivity index (χ2v) is 4.92. The van der Waals surface area contributed by atoms with Gasteiger partial charge in [0.25, 0.3) is 10.0 Å². The minimum atomic E-state index is -4.22. The monoisotopic (exact) mass is 254 g/mol. The van der Waals surface area contributed by atoms with E-state index in [0.29, 0.717) is 0 Å². The maximum atomic E-state index is 11.8. The van der Waals surface area contributed by atoms with Gasteiger partial charge in [-0.1, -0.05) is 18.2 Å². The Morgan fingerprint density at radius 2 is 1.94 bits per heavy atom. The molecule has 1 aliphatic rings. The summed E-state index contributed by atoms with van der Waals surface area (Å²) >= 11 is 0. The first-order chi connectivity index (χ1) is 8.04. The molecule has 2 rings (SSSR count). The van der Waals surface area contributed by atoms with Gasteiger partial charge in [0, 0.05) is 5.56 Å². The van der Waals surface area contributed by atoms with Gasteiger partial charge in [-0.05, 0) is 11.2 Å². The highest BCUT2D eigenvalue weighted by Crippen LogP contribution is 2.35. The average molecular weight is 254 g/mol. The van der Waals surface area contributed by atoms with Gasteiger partial charge in [0.1, 0.15) is 5.70 Å². The number of hydroxylamine groups is 1. The molecule has 8 heteroatoms. The topological polar surface area (TPSA) is 104 Å². The second kappa shape index (κ2) is 3.75. The van der Waals surface area contributed by atoms with Gasteiger partial charge in [-0.15, -0.1) is 9.38 Å². The molecule has 0 spiro atoms. The third-order valence-electron chi connectivity index (χ3n) is 2.30. The number of sulfonamides is 1. The maximum Gasteiger partial charge on any atom is 0.287 e. The lowest BCUT2D eigenvalue weighted by atomic mass is 10.1. The van der Waals surface area contributed by atoms with Crippen LogP contribution in [-0.4, -0.2) is 24.4 Å². The molecule has 1 aromatic carbocycles. The average Bonchev–Trinajstić information content (AvgIpc) is 2.34. The van der Waals surface area contributed by atoms with E-state index in [4.69, 9.17) is 0 Å². The summed E-state index contributed by atoms with van der Waals surface area (Å²) in [6, 6.07) is 5.47. The molecule has 0 radical (unpaired) electrons. The Kier molecular flexibility index (Phi) is 2.52. The van der Waals surface area contributed by atoms with Crippen LogP contribution in [0.4, 0.5) is 0 Å². The highest BCUT2D eigenvalue weighted by molar-refractivity contribution is 7.89. The van der Waals surface area contributed by atoms with E-state index in [1.807, 2.05) is 0 Å². The number of carbonyl (C=O) groups excluding carboxylic acids is 1. The van der Waals surface area contributed by atoms with Crippen molar-refractivity contribution in [2.24, 2.45) is 5.18 Å². The van der Waals surface area contributed by atoms with Gasteiger partial charge in [-0.25, -0.2) is 0 Å². The van der Waals surface area contributed by atoms with Gasteiger partial charge in [-0.3, -0.25) is 10.0 Å². The Balaban J connectivity index is 2.91. The molecule has 0 saturated heterocycles. The quantitative estimate of drug-likeness (QED) is 0.618. The predicted octanol–water partition coefficient (Wildman–Crippen LogP) is 0.714. The first-order valence-electron chi connectivity index (χ1n) is 4.40. The molecule has 0 aliphatic carbocycles. The van der Waals surface area contributed by atoms with E-state index in [2.05, 4.69) is 5.18 Å². The number of nitrogens with zero attached hydrogens (tertiary/aromatic N) is 2. The molecule has 1 heterocycles. The fourth-order valence-corrected chi connectivity index (χ4v) is 2.80. The van der Waals surface area contributed by atoms with Crippen LogP contribution in [0.5, 0.6) is 0 Å². The standard InChI is InChI=1S/C9H6N2O5S/c12-5-7-9(10-13)6-3-1-2-4-8(6)17(15,16)11(7)14/h1-5,14H. The number of carbonyl (C=O) groups is 1. The van der Waals surface area contributed by atoms with Crippen LogP contribution in [0.1, 0.15) is 5.56 Å². The zero-order valence-electron chi connectivity index (χ0n) is 8.27. The summed E-state index contributed by atoms with van der Waals surface area (Å²) in [4.78, 5) is 21.1. The zero-order valence-corrected chi connectivity index (χ0v) is 9.09. The molecule has 0 aromatic heterocycles. The summed E-state index contributed by atoms with van der Waals surface area (Å²) in [6.45, 7) is 0. The Morgan fingerprint density at radius 3 is 2.53 bits per heavy atom. The summed E-state index contributed by atoms with van der Waals surface area (Å²) in [5.74, 6) is 0. The Morgan fingerprint density at radius 1 is 1.29 bits per heavy atom. The lowest BCUT2D eigenvalue weighted by molar-refractivity contribution is -0.108. The van der Waals surface area contributed by atoms with Gasteiger partial charge >= 0.3 is 0 Å². The van der Waals surface area contributed by atoms with E-state index in [9.17, 15) is 23.3 Å². The van der Waals surface area contributed by atoms with Crippen LogP contribution in [-0.2, 0) is 14.8 Å². The Bertz CT molecular complexity index is 635. The number of hydrogen-bond donors (Lipinski definition) is 1. The molecule has 1 aliphatic heterocycles. The first-order valence-corrected chi connectivity index (χ1v) is 5.84. The fraction of sp³-hybridized carbons (Fsp3) is 0. The summed E-state index contributed by atoms with van der Waals surface area (Å²) in [6.07, 6.45) is 0.0597. The van der Waals surface area contributed by atoms with Crippen LogP contribution < -0.4 is 0 Å². The Hall–Kier alpha value is -2.06. The number of nitroso groups, excluding NO2 is 1. The normalized spacial score (nSPS) is 17.6. The van der Waals surface area contributed by atoms with E-state index in [1.54, 1.807) is 0 Å². The molecule has 1 aromatic rings. The molecule has 0 bridgehead atoms. The second-order valence-electron chi connectivity index (χ2n) is 3.19.